The Labute approximate surface area is 166 Å². The monoisotopic (exact) mass is 396 g/mol. The quantitative estimate of drug-likeness (QED) is 0.489. The third-order valence-electron chi connectivity index (χ3n) is 4.87. The molecule has 0 saturated carbocycles. The number of hydrogen-bond donors (Lipinski definition) is 3. The van der Waals surface area contributed by atoms with Gasteiger partial charge < -0.3 is 24.8 Å². The summed E-state index contributed by atoms with van der Waals surface area (Å²) in [5, 5.41) is 30.1. The summed E-state index contributed by atoms with van der Waals surface area (Å²) in [7, 11) is 1.41. The van der Waals surface area contributed by atoms with E-state index < -0.39 is 36.0 Å². The smallest absolute Gasteiger partial charge is 0.316 e. The molecule has 4 atom stereocenters. The van der Waals surface area contributed by atoms with Gasteiger partial charge >= 0.3 is 5.97 Å². The first-order valence-electron chi connectivity index (χ1n) is 9.43. The van der Waals surface area contributed by atoms with Gasteiger partial charge in [0, 0.05) is 6.42 Å². The van der Waals surface area contributed by atoms with Gasteiger partial charge in [0.1, 0.15) is 12.0 Å². The predicted octanol–water partition coefficient (Wildman–Crippen LogP) is 1.67. The van der Waals surface area contributed by atoms with Gasteiger partial charge in [-0.25, -0.2) is 0 Å². The van der Waals surface area contributed by atoms with Gasteiger partial charge in [-0.05, 0) is 37.3 Å². The summed E-state index contributed by atoms with van der Waals surface area (Å²) in [6.45, 7) is 7.86. The molecule has 7 nitrogen and oxygen atoms in total. The standard InChI is InChI=1S/C21H32O7/c1-6-18-16(11-22)8-13(2)7-14(3)9-17(27-5)10-21(26,12-23)19(24)15(4)20(25)28-18/h8-9,14-15,18,22-23,26H,2,6-7,10-12H2,1,3-5H3/t14-,15+,18-,21-/m0/s1. The van der Waals surface area contributed by atoms with Crippen LogP contribution in [0.15, 0.2) is 35.6 Å². The molecule has 0 unspecified atom stereocenters. The molecule has 7 heteroatoms. The number of methoxy groups -OCH3 is 1. The first-order valence-corrected chi connectivity index (χ1v) is 9.43. The number of Topliss-reactive ketones (excluding diaryl/α,β-unsaturated/α-hetero) is 1. The fraction of sp³-hybridized carbons (Fsp3) is 0.619. The Bertz CT molecular complexity index is 649. The Morgan fingerprint density at radius 1 is 1.32 bits per heavy atom. The Kier molecular flexibility index (Phi) is 9.07. The van der Waals surface area contributed by atoms with Gasteiger partial charge in [0.15, 0.2) is 11.4 Å². The number of aliphatic hydroxyl groups is 3. The van der Waals surface area contributed by atoms with Crippen LogP contribution in [0.25, 0.3) is 0 Å². The molecular formula is C21H32O7. The molecule has 158 valence electrons. The van der Waals surface area contributed by atoms with Crippen LogP contribution in [-0.4, -0.2) is 59.1 Å². The second kappa shape index (κ2) is 10.5. The van der Waals surface area contributed by atoms with Crippen LogP contribution in [0.4, 0.5) is 0 Å². The molecule has 0 bridgehead atoms. The average Bonchev–Trinajstić information content (AvgIpc) is 2.67. The van der Waals surface area contributed by atoms with E-state index in [-0.39, 0.29) is 18.9 Å². The van der Waals surface area contributed by atoms with E-state index in [1.54, 1.807) is 19.1 Å². The number of ketones is 1. The Morgan fingerprint density at radius 2 is 1.96 bits per heavy atom. The van der Waals surface area contributed by atoms with Crippen molar-refractivity contribution in [2.24, 2.45) is 11.8 Å². The molecule has 0 spiro atoms. The van der Waals surface area contributed by atoms with E-state index in [9.17, 15) is 24.9 Å². The molecule has 28 heavy (non-hydrogen) atoms. The molecule has 0 aromatic carbocycles. The maximum Gasteiger partial charge on any atom is 0.316 e. The van der Waals surface area contributed by atoms with Crippen molar-refractivity contribution < 1.29 is 34.4 Å². The SMILES string of the molecule is C=C1C=C(CO)[C@H](CC)OC(=O)[C@H](C)C(=O)[C@@](O)(CO)CC(OC)=C[C@@H](C)C1. The highest BCUT2D eigenvalue weighted by Gasteiger charge is 2.43. The Hall–Kier alpha value is -1.96. The van der Waals surface area contributed by atoms with Crippen molar-refractivity contribution in [2.75, 3.05) is 20.3 Å². The molecule has 0 aromatic rings. The number of allylic oxidation sites excluding steroid dienone is 3. The lowest BCUT2D eigenvalue weighted by molar-refractivity contribution is -0.162. The van der Waals surface area contributed by atoms with Gasteiger partial charge in [0.25, 0.3) is 0 Å². The number of carbonyl (C=O) groups is 2. The second-order valence-electron chi connectivity index (χ2n) is 7.34. The van der Waals surface area contributed by atoms with Crippen LogP contribution in [-0.2, 0) is 19.1 Å². The Balaban J connectivity index is 3.42. The summed E-state index contributed by atoms with van der Waals surface area (Å²) in [4.78, 5) is 25.2. The summed E-state index contributed by atoms with van der Waals surface area (Å²) < 4.78 is 10.7. The number of aliphatic hydroxyl groups excluding tert-OH is 2. The third-order valence-corrected chi connectivity index (χ3v) is 4.87. The molecule has 0 amide bonds. The second-order valence-corrected chi connectivity index (χ2v) is 7.34. The Morgan fingerprint density at radius 3 is 2.46 bits per heavy atom. The minimum Gasteiger partial charge on any atom is -0.501 e. The van der Waals surface area contributed by atoms with E-state index >= 15 is 0 Å². The van der Waals surface area contributed by atoms with E-state index in [1.165, 1.54) is 14.0 Å². The van der Waals surface area contributed by atoms with Crippen LogP contribution in [0.2, 0.25) is 0 Å². The van der Waals surface area contributed by atoms with Crippen LogP contribution >= 0.6 is 0 Å². The van der Waals surface area contributed by atoms with E-state index in [0.29, 0.717) is 24.2 Å². The minimum absolute atomic E-state index is 0.0420. The molecule has 0 fully saturated rings. The van der Waals surface area contributed by atoms with Crippen LogP contribution in [0, 0.1) is 11.8 Å². The zero-order valence-corrected chi connectivity index (χ0v) is 17.1. The molecule has 1 heterocycles. The van der Waals surface area contributed by atoms with Crippen LogP contribution < -0.4 is 0 Å². The maximum absolute atomic E-state index is 12.7. The molecule has 0 saturated heterocycles. The summed E-state index contributed by atoms with van der Waals surface area (Å²) >= 11 is 0. The fourth-order valence-electron chi connectivity index (χ4n) is 3.23. The van der Waals surface area contributed by atoms with Crippen molar-refractivity contribution in [3.8, 4) is 0 Å². The lowest BCUT2D eigenvalue weighted by Gasteiger charge is -2.29. The lowest BCUT2D eigenvalue weighted by Crippen LogP contribution is -2.48. The summed E-state index contributed by atoms with van der Waals surface area (Å²) in [6.07, 6.45) is 3.41. The molecule has 0 aromatic heterocycles. The van der Waals surface area contributed by atoms with Crippen molar-refractivity contribution in [1.82, 2.24) is 0 Å². The first kappa shape index (κ1) is 24.1. The minimum atomic E-state index is -2.17. The number of rotatable bonds is 4. The molecule has 1 rings (SSSR count). The molecule has 3 N–H and O–H groups in total. The third kappa shape index (κ3) is 6.02. The van der Waals surface area contributed by atoms with E-state index in [4.69, 9.17) is 9.47 Å². The number of hydrogen-bond acceptors (Lipinski definition) is 7. The van der Waals surface area contributed by atoms with Gasteiger partial charge in [-0.1, -0.05) is 32.1 Å². The molecule has 0 radical (unpaired) electrons. The average molecular weight is 396 g/mol. The van der Waals surface area contributed by atoms with Crippen LogP contribution in [0.1, 0.15) is 40.0 Å². The highest BCUT2D eigenvalue weighted by molar-refractivity contribution is 6.03. The number of ether oxygens (including phenoxy) is 2. The number of carbonyl (C=O) groups excluding carboxylic acids is 2. The molecule has 0 aliphatic carbocycles. The van der Waals surface area contributed by atoms with E-state index in [2.05, 4.69) is 6.58 Å². The van der Waals surface area contributed by atoms with Gasteiger partial charge in [0.05, 0.1) is 26.1 Å². The molecule has 1 aliphatic heterocycles. The van der Waals surface area contributed by atoms with Crippen LogP contribution in [0.3, 0.4) is 0 Å². The molecule has 1 aliphatic rings. The highest BCUT2D eigenvalue weighted by Crippen LogP contribution is 2.27. The lowest BCUT2D eigenvalue weighted by atomic mass is 9.86. The van der Waals surface area contributed by atoms with Crippen molar-refractivity contribution in [3.63, 3.8) is 0 Å². The van der Waals surface area contributed by atoms with Crippen molar-refractivity contribution in [3.05, 3.63) is 35.6 Å². The highest BCUT2D eigenvalue weighted by atomic mass is 16.5. The van der Waals surface area contributed by atoms with Gasteiger partial charge in [0.2, 0.25) is 0 Å². The number of esters is 1. The fourth-order valence-corrected chi connectivity index (χ4v) is 3.23. The largest absolute Gasteiger partial charge is 0.501 e. The topological polar surface area (TPSA) is 113 Å². The van der Waals surface area contributed by atoms with Crippen molar-refractivity contribution >= 4 is 11.8 Å². The van der Waals surface area contributed by atoms with Gasteiger partial charge in [-0.2, -0.15) is 0 Å². The van der Waals surface area contributed by atoms with Gasteiger partial charge in [-0.15, -0.1) is 0 Å². The normalized spacial score (nSPS) is 30.8. The zero-order chi connectivity index (χ0) is 21.5. The maximum atomic E-state index is 12.7. The molecular weight excluding hydrogens is 364 g/mol. The van der Waals surface area contributed by atoms with Gasteiger partial charge in [-0.3, -0.25) is 9.59 Å². The summed E-state index contributed by atoms with van der Waals surface area (Å²) in [6, 6.07) is 0. The van der Waals surface area contributed by atoms with Crippen LogP contribution in [0.5, 0.6) is 0 Å². The first-order chi connectivity index (χ1) is 13.1. The van der Waals surface area contributed by atoms with E-state index in [0.717, 1.165) is 5.57 Å². The van der Waals surface area contributed by atoms with Crippen molar-refractivity contribution in [1.29, 1.82) is 0 Å². The zero-order valence-electron chi connectivity index (χ0n) is 17.1. The van der Waals surface area contributed by atoms with E-state index in [1.807, 2.05) is 6.92 Å². The van der Waals surface area contributed by atoms with Crippen molar-refractivity contribution in [2.45, 2.75) is 51.7 Å². The summed E-state index contributed by atoms with van der Waals surface area (Å²) in [5.41, 5.74) is -0.951. The predicted molar refractivity (Wildman–Crippen MR) is 104 cm³/mol. The number of cyclic esters (lactones) is 1. The summed E-state index contributed by atoms with van der Waals surface area (Å²) in [5.74, 6) is -2.70.